The number of aryl methyl sites for hydroxylation is 1. The molecule has 0 amide bonds. The Morgan fingerprint density at radius 1 is 1.41 bits per heavy atom. The number of ketones is 1. The van der Waals surface area contributed by atoms with E-state index in [1.807, 2.05) is 25.1 Å². The molecule has 0 spiro atoms. The van der Waals surface area contributed by atoms with Crippen LogP contribution in [0.25, 0.3) is 0 Å². The van der Waals surface area contributed by atoms with E-state index in [-0.39, 0.29) is 5.78 Å². The fourth-order valence-corrected chi connectivity index (χ4v) is 1.51. The lowest BCUT2D eigenvalue weighted by Crippen LogP contribution is -1.99. The summed E-state index contributed by atoms with van der Waals surface area (Å²) in [6.45, 7) is 5.97. The lowest BCUT2D eigenvalue weighted by molar-refractivity contribution is -0.114. The molecule has 1 aromatic carbocycles. The van der Waals surface area contributed by atoms with E-state index in [1.54, 1.807) is 7.11 Å². The Kier molecular flexibility index (Phi) is 5.27. The third-order valence-electron chi connectivity index (χ3n) is 2.42. The molecule has 0 saturated heterocycles. The summed E-state index contributed by atoms with van der Waals surface area (Å²) >= 11 is 0. The molecule has 92 valence electrons. The van der Waals surface area contributed by atoms with Crippen molar-refractivity contribution >= 4 is 5.78 Å². The van der Waals surface area contributed by atoms with Crippen molar-refractivity contribution in [3.63, 3.8) is 0 Å². The molecule has 0 heterocycles. The van der Waals surface area contributed by atoms with E-state index in [2.05, 4.69) is 6.58 Å². The molecule has 0 aliphatic rings. The van der Waals surface area contributed by atoms with Gasteiger partial charge in [0, 0.05) is 6.42 Å². The van der Waals surface area contributed by atoms with Crippen LogP contribution in [0, 0.1) is 0 Å². The van der Waals surface area contributed by atoms with Crippen LogP contribution in [-0.2, 0) is 11.2 Å². The van der Waals surface area contributed by atoms with Crippen LogP contribution < -0.4 is 9.47 Å². The quantitative estimate of drug-likeness (QED) is 0.680. The molecule has 0 aliphatic heterocycles. The number of allylic oxidation sites excluding steroid dienone is 1. The Hall–Kier alpha value is -1.77. The molecular formula is C14H18O3. The van der Waals surface area contributed by atoms with Crippen molar-refractivity contribution in [1.82, 2.24) is 0 Å². The monoisotopic (exact) mass is 234 g/mol. The van der Waals surface area contributed by atoms with Gasteiger partial charge >= 0.3 is 0 Å². The van der Waals surface area contributed by atoms with Gasteiger partial charge in [0.05, 0.1) is 13.7 Å². The van der Waals surface area contributed by atoms with Crippen molar-refractivity contribution in [3.8, 4) is 11.5 Å². The molecule has 0 saturated carbocycles. The van der Waals surface area contributed by atoms with Crippen molar-refractivity contribution < 1.29 is 14.3 Å². The maximum atomic E-state index is 11.1. The first-order valence-electron chi connectivity index (χ1n) is 5.66. The molecule has 0 bridgehead atoms. The van der Waals surface area contributed by atoms with E-state index < -0.39 is 0 Å². The van der Waals surface area contributed by atoms with Gasteiger partial charge < -0.3 is 9.47 Å². The third-order valence-corrected chi connectivity index (χ3v) is 2.42. The molecule has 17 heavy (non-hydrogen) atoms. The second-order valence-corrected chi connectivity index (χ2v) is 3.59. The summed E-state index contributed by atoms with van der Waals surface area (Å²) in [5.74, 6) is 1.49. The normalized spacial score (nSPS) is 9.76. The van der Waals surface area contributed by atoms with Crippen molar-refractivity contribution in [2.75, 3.05) is 13.7 Å². The molecule has 0 N–H and O–H groups in total. The molecule has 0 aliphatic carbocycles. The fourth-order valence-electron chi connectivity index (χ4n) is 1.51. The van der Waals surface area contributed by atoms with Crippen LogP contribution in [0.1, 0.15) is 18.9 Å². The Balaban J connectivity index is 2.76. The predicted octanol–water partition coefficient (Wildman–Crippen LogP) is 2.78. The maximum absolute atomic E-state index is 11.1. The summed E-state index contributed by atoms with van der Waals surface area (Å²) in [6, 6.07) is 5.72. The first-order chi connectivity index (χ1) is 8.21. The van der Waals surface area contributed by atoms with Gasteiger partial charge in [0.1, 0.15) is 0 Å². The van der Waals surface area contributed by atoms with Crippen molar-refractivity contribution in [3.05, 3.63) is 36.4 Å². The van der Waals surface area contributed by atoms with Gasteiger partial charge in [-0.05, 0) is 37.1 Å². The number of hydrogen-bond acceptors (Lipinski definition) is 3. The Morgan fingerprint density at radius 3 is 2.76 bits per heavy atom. The average molecular weight is 234 g/mol. The number of rotatable bonds is 7. The highest BCUT2D eigenvalue weighted by Crippen LogP contribution is 2.28. The van der Waals surface area contributed by atoms with Crippen LogP contribution in [0.5, 0.6) is 11.5 Å². The summed E-state index contributed by atoms with van der Waals surface area (Å²) < 4.78 is 10.7. The van der Waals surface area contributed by atoms with Crippen molar-refractivity contribution in [2.45, 2.75) is 19.8 Å². The second-order valence-electron chi connectivity index (χ2n) is 3.59. The van der Waals surface area contributed by atoms with Crippen LogP contribution in [0.15, 0.2) is 30.9 Å². The highest BCUT2D eigenvalue weighted by atomic mass is 16.5. The lowest BCUT2D eigenvalue weighted by Gasteiger charge is -2.10. The number of carbonyl (C=O) groups is 1. The van der Waals surface area contributed by atoms with Crippen LogP contribution in [-0.4, -0.2) is 19.5 Å². The number of hydrogen-bond donors (Lipinski definition) is 0. The molecule has 3 nitrogen and oxygen atoms in total. The standard InChI is InChI=1S/C14H18O3/c1-4-12(15)8-6-11-7-9-13(16-3)14(10-11)17-5-2/h4,7,9-10H,1,5-6,8H2,2-3H3. The highest BCUT2D eigenvalue weighted by Gasteiger charge is 2.06. The largest absolute Gasteiger partial charge is 0.493 e. The maximum Gasteiger partial charge on any atom is 0.161 e. The topological polar surface area (TPSA) is 35.5 Å². The zero-order valence-electron chi connectivity index (χ0n) is 10.4. The van der Waals surface area contributed by atoms with Gasteiger partial charge in [0.25, 0.3) is 0 Å². The summed E-state index contributed by atoms with van der Waals surface area (Å²) in [7, 11) is 1.61. The lowest BCUT2D eigenvalue weighted by atomic mass is 10.1. The summed E-state index contributed by atoms with van der Waals surface area (Å²) in [4.78, 5) is 11.1. The number of carbonyl (C=O) groups excluding carboxylic acids is 1. The predicted molar refractivity (Wildman–Crippen MR) is 67.7 cm³/mol. The smallest absolute Gasteiger partial charge is 0.161 e. The van der Waals surface area contributed by atoms with Gasteiger partial charge in [-0.15, -0.1) is 0 Å². The SMILES string of the molecule is C=CC(=O)CCc1ccc(OC)c(OCC)c1. The molecule has 0 fully saturated rings. The van der Waals surface area contributed by atoms with Gasteiger partial charge in [-0.1, -0.05) is 12.6 Å². The summed E-state index contributed by atoms with van der Waals surface area (Å²) in [5.41, 5.74) is 1.06. The zero-order chi connectivity index (χ0) is 12.7. The average Bonchev–Trinajstić information content (AvgIpc) is 2.36. The number of ether oxygens (including phenoxy) is 2. The van der Waals surface area contributed by atoms with E-state index in [1.165, 1.54) is 6.08 Å². The molecule has 0 atom stereocenters. The minimum atomic E-state index is 0.0544. The van der Waals surface area contributed by atoms with Gasteiger partial charge in [0.15, 0.2) is 17.3 Å². The minimum Gasteiger partial charge on any atom is -0.493 e. The summed E-state index contributed by atoms with van der Waals surface area (Å²) in [5, 5.41) is 0. The number of benzene rings is 1. The zero-order valence-corrected chi connectivity index (χ0v) is 10.4. The second kappa shape index (κ2) is 6.74. The molecule has 3 heteroatoms. The van der Waals surface area contributed by atoms with E-state index in [4.69, 9.17) is 9.47 Å². The molecule has 0 unspecified atom stereocenters. The first-order valence-corrected chi connectivity index (χ1v) is 5.66. The Labute approximate surface area is 102 Å². The van der Waals surface area contributed by atoms with Gasteiger partial charge in [-0.3, -0.25) is 4.79 Å². The van der Waals surface area contributed by atoms with Gasteiger partial charge in [-0.25, -0.2) is 0 Å². The van der Waals surface area contributed by atoms with Crippen molar-refractivity contribution in [2.24, 2.45) is 0 Å². The van der Waals surface area contributed by atoms with Crippen LogP contribution >= 0.6 is 0 Å². The Morgan fingerprint density at radius 2 is 2.18 bits per heavy atom. The minimum absolute atomic E-state index is 0.0544. The summed E-state index contributed by atoms with van der Waals surface area (Å²) in [6.07, 6.45) is 2.52. The number of methoxy groups -OCH3 is 1. The highest BCUT2D eigenvalue weighted by molar-refractivity contribution is 5.89. The van der Waals surface area contributed by atoms with Gasteiger partial charge in [0.2, 0.25) is 0 Å². The molecule has 1 aromatic rings. The molecule has 0 radical (unpaired) electrons. The van der Waals surface area contributed by atoms with Crippen LogP contribution in [0.3, 0.4) is 0 Å². The fraction of sp³-hybridized carbons (Fsp3) is 0.357. The molecule has 1 rings (SSSR count). The van der Waals surface area contributed by atoms with E-state index in [9.17, 15) is 4.79 Å². The van der Waals surface area contributed by atoms with Crippen LogP contribution in [0.4, 0.5) is 0 Å². The van der Waals surface area contributed by atoms with E-state index in [0.29, 0.717) is 25.2 Å². The van der Waals surface area contributed by atoms with Crippen molar-refractivity contribution in [1.29, 1.82) is 0 Å². The molecular weight excluding hydrogens is 216 g/mol. The van der Waals surface area contributed by atoms with Crippen LogP contribution in [0.2, 0.25) is 0 Å². The van der Waals surface area contributed by atoms with E-state index >= 15 is 0 Å². The van der Waals surface area contributed by atoms with E-state index in [0.717, 1.165) is 11.3 Å². The molecule has 0 aromatic heterocycles. The van der Waals surface area contributed by atoms with Gasteiger partial charge in [-0.2, -0.15) is 0 Å². The third kappa shape index (κ3) is 3.94. The first kappa shape index (κ1) is 13.3. The Bertz CT molecular complexity index is 396.